The van der Waals surface area contributed by atoms with Gasteiger partial charge in [-0.15, -0.1) is 0 Å². The molecule has 1 N–H and O–H groups in total. The second-order valence-electron chi connectivity index (χ2n) is 8.62. The minimum Gasteiger partial charge on any atom is -0.349 e. The number of hydrogen-bond acceptors (Lipinski definition) is 4. The van der Waals surface area contributed by atoms with Crippen molar-refractivity contribution in [1.29, 1.82) is 0 Å². The molecule has 3 aromatic rings. The molecule has 2 heterocycles. The molecular formula is C24H25ClN4O. The Kier molecular flexibility index (Phi) is 5.82. The Morgan fingerprint density at radius 2 is 1.90 bits per heavy atom. The summed E-state index contributed by atoms with van der Waals surface area (Å²) >= 11 is 5.93. The number of carbonyl (C=O) groups excluding carboxylic acids is 1. The van der Waals surface area contributed by atoms with Gasteiger partial charge in [-0.05, 0) is 54.5 Å². The van der Waals surface area contributed by atoms with E-state index in [0.29, 0.717) is 23.7 Å². The summed E-state index contributed by atoms with van der Waals surface area (Å²) in [4.78, 5) is 26.1. The van der Waals surface area contributed by atoms with Crippen molar-refractivity contribution in [2.45, 2.75) is 45.6 Å². The number of rotatable bonds is 5. The third-order valence-electron chi connectivity index (χ3n) is 5.51. The van der Waals surface area contributed by atoms with Gasteiger partial charge in [-0.2, -0.15) is 0 Å². The summed E-state index contributed by atoms with van der Waals surface area (Å²) in [6.45, 7) is 4.44. The third kappa shape index (κ3) is 4.85. The Hall–Kier alpha value is -2.79. The van der Waals surface area contributed by atoms with E-state index >= 15 is 0 Å². The molecule has 0 aliphatic heterocycles. The number of carbonyl (C=O) groups is 1. The van der Waals surface area contributed by atoms with Crippen LogP contribution in [0.25, 0.3) is 11.4 Å². The minimum absolute atomic E-state index is 0.0387. The largest absolute Gasteiger partial charge is 0.349 e. The highest BCUT2D eigenvalue weighted by molar-refractivity contribution is 6.30. The molecule has 2 aromatic heterocycles. The van der Waals surface area contributed by atoms with Crippen LogP contribution in [0.15, 0.2) is 55.0 Å². The van der Waals surface area contributed by atoms with Gasteiger partial charge in [0.25, 0.3) is 0 Å². The van der Waals surface area contributed by atoms with Crippen molar-refractivity contribution in [2.75, 3.05) is 0 Å². The van der Waals surface area contributed by atoms with E-state index in [1.165, 1.54) is 0 Å². The van der Waals surface area contributed by atoms with Gasteiger partial charge in [-0.3, -0.25) is 9.78 Å². The molecule has 0 bridgehead atoms. The molecule has 0 unspecified atom stereocenters. The van der Waals surface area contributed by atoms with Crippen LogP contribution in [0.5, 0.6) is 0 Å². The molecule has 0 radical (unpaired) electrons. The van der Waals surface area contributed by atoms with Gasteiger partial charge >= 0.3 is 0 Å². The highest BCUT2D eigenvalue weighted by Gasteiger charge is 2.34. The summed E-state index contributed by atoms with van der Waals surface area (Å²) in [5, 5.41) is 3.92. The number of nitrogens with one attached hydrogen (secondary N) is 1. The number of benzene rings is 1. The van der Waals surface area contributed by atoms with E-state index in [4.69, 9.17) is 16.6 Å². The smallest absolute Gasteiger partial charge is 0.220 e. The molecule has 1 aliphatic carbocycles. The lowest BCUT2D eigenvalue weighted by atomic mass is 9.74. The van der Waals surface area contributed by atoms with Crippen molar-refractivity contribution < 1.29 is 4.79 Å². The summed E-state index contributed by atoms with van der Waals surface area (Å²) in [6.07, 6.45) is 8.20. The minimum atomic E-state index is -0.0760. The molecule has 0 spiro atoms. The van der Waals surface area contributed by atoms with E-state index in [2.05, 4.69) is 29.1 Å². The van der Waals surface area contributed by atoms with Crippen LogP contribution in [0.3, 0.4) is 0 Å². The fourth-order valence-corrected chi connectivity index (χ4v) is 4.12. The maximum absolute atomic E-state index is 12.7. The second kappa shape index (κ2) is 8.52. The molecule has 1 aliphatic rings. The highest BCUT2D eigenvalue weighted by atomic mass is 35.5. The predicted octanol–water partition coefficient (Wildman–Crippen LogP) is 4.95. The summed E-state index contributed by atoms with van der Waals surface area (Å²) in [6, 6.07) is 11.4. The van der Waals surface area contributed by atoms with Crippen LogP contribution in [0.2, 0.25) is 5.02 Å². The first-order valence-corrected chi connectivity index (χ1v) is 10.6. The van der Waals surface area contributed by atoms with Gasteiger partial charge in [0.05, 0.1) is 11.7 Å². The number of nitrogens with zero attached hydrogens (tertiary/aromatic N) is 3. The number of aromatic nitrogens is 3. The number of halogens is 1. The van der Waals surface area contributed by atoms with Crippen molar-refractivity contribution in [3.05, 3.63) is 76.8 Å². The highest BCUT2D eigenvalue weighted by Crippen LogP contribution is 2.40. The summed E-state index contributed by atoms with van der Waals surface area (Å²) in [5.74, 6) is 0.735. The molecule has 0 saturated heterocycles. The lowest BCUT2D eigenvalue weighted by Gasteiger charge is -2.36. The van der Waals surface area contributed by atoms with Crippen molar-refractivity contribution in [3.8, 4) is 11.4 Å². The van der Waals surface area contributed by atoms with E-state index < -0.39 is 0 Å². The van der Waals surface area contributed by atoms with Gasteiger partial charge in [0.15, 0.2) is 5.82 Å². The van der Waals surface area contributed by atoms with Gasteiger partial charge in [0, 0.05) is 41.2 Å². The van der Waals surface area contributed by atoms with Crippen molar-refractivity contribution >= 4 is 17.5 Å². The quantitative estimate of drug-likeness (QED) is 0.633. The molecule has 4 rings (SSSR count). The zero-order valence-electron chi connectivity index (χ0n) is 17.2. The second-order valence-corrected chi connectivity index (χ2v) is 9.06. The molecule has 6 heteroatoms. The van der Waals surface area contributed by atoms with E-state index in [0.717, 1.165) is 35.2 Å². The molecular weight excluding hydrogens is 396 g/mol. The fraction of sp³-hybridized carbons (Fsp3) is 0.333. The van der Waals surface area contributed by atoms with E-state index in [1.807, 2.05) is 42.6 Å². The molecule has 1 atom stereocenters. The third-order valence-corrected chi connectivity index (χ3v) is 5.76. The fourth-order valence-electron chi connectivity index (χ4n) is 3.99. The lowest BCUT2D eigenvalue weighted by molar-refractivity contribution is -0.122. The molecule has 0 saturated carbocycles. The topological polar surface area (TPSA) is 67.8 Å². The standard InChI is InChI=1S/C24H25ClN4O/c1-24(2)13-20(28-22(30)8-5-16-3-6-18(25)7-4-16)19-15-27-23(29-21(19)14-24)17-9-11-26-12-10-17/h3-4,6-7,9-12,15,20H,5,8,13-14H2,1-2H3,(H,28,30)/t20-/m1/s1. The number of pyridine rings is 1. The average Bonchev–Trinajstić information content (AvgIpc) is 2.73. The SMILES string of the molecule is CC1(C)Cc2nc(-c3ccncc3)ncc2[C@H](NC(=O)CCc2ccc(Cl)cc2)C1. The van der Waals surface area contributed by atoms with E-state index in [9.17, 15) is 4.79 Å². The summed E-state index contributed by atoms with van der Waals surface area (Å²) in [5.41, 5.74) is 4.12. The maximum atomic E-state index is 12.7. The molecule has 0 fully saturated rings. The number of fused-ring (bicyclic) bond motifs is 1. The number of aryl methyl sites for hydroxylation is 1. The van der Waals surface area contributed by atoms with Crippen LogP contribution in [0.1, 0.15) is 49.6 Å². The van der Waals surface area contributed by atoms with Crippen LogP contribution in [-0.2, 0) is 17.6 Å². The predicted molar refractivity (Wildman–Crippen MR) is 118 cm³/mol. The Morgan fingerprint density at radius 1 is 1.17 bits per heavy atom. The summed E-state index contributed by atoms with van der Waals surface area (Å²) in [7, 11) is 0. The molecule has 1 amide bonds. The maximum Gasteiger partial charge on any atom is 0.220 e. The Morgan fingerprint density at radius 3 is 2.63 bits per heavy atom. The molecule has 5 nitrogen and oxygen atoms in total. The normalized spacial score (nSPS) is 17.2. The Balaban J connectivity index is 1.50. The molecule has 154 valence electrons. The first-order valence-electron chi connectivity index (χ1n) is 10.2. The van der Waals surface area contributed by atoms with Crippen LogP contribution >= 0.6 is 11.6 Å². The van der Waals surface area contributed by atoms with Crippen LogP contribution in [0.4, 0.5) is 0 Å². The van der Waals surface area contributed by atoms with Crippen molar-refractivity contribution in [2.24, 2.45) is 5.41 Å². The summed E-state index contributed by atoms with van der Waals surface area (Å²) < 4.78 is 0. The zero-order valence-corrected chi connectivity index (χ0v) is 18.0. The van der Waals surface area contributed by atoms with Gasteiger partial charge in [-0.1, -0.05) is 37.6 Å². The average molecular weight is 421 g/mol. The monoisotopic (exact) mass is 420 g/mol. The lowest BCUT2D eigenvalue weighted by Crippen LogP contribution is -2.37. The molecule has 1 aromatic carbocycles. The van der Waals surface area contributed by atoms with Gasteiger partial charge in [-0.25, -0.2) is 9.97 Å². The van der Waals surface area contributed by atoms with E-state index in [-0.39, 0.29) is 17.4 Å². The van der Waals surface area contributed by atoms with Crippen LogP contribution in [-0.4, -0.2) is 20.9 Å². The number of amides is 1. The molecule has 30 heavy (non-hydrogen) atoms. The van der Waals surface area contributed by atoms with Crippen LogP contribution in [0, 0.1) is 5.41 Å². The first-order chi connectivity index (χ1) is 14.4. The van der Waals surface area contributed by atoms with Crippen LogP contribution < -0.4 is 5.32 Å². The Bertz CT molecular complexity index is 1030. The van der Waals surface area contributed by atoms with Gasteiger partial charge in [0.1, 0.15) is 0 Å². The Labute approximate surface area is 181 Å². The van der Waals surface area contributed by atoms with Gasteiger partial charge < -0.3 is 5.32 Å². The first kappa shape index (κ1) is 20.5. The number of hydrogen-bond donors (Lipinski definition) is 1. The van der Waals surface area contributed by atoms with Crippen molar-refractivity contribution in [3.63, 3.8) is 0 Å². The zero-order chi connectivity index (χ0) is 21.1. The van der Waals surface area contributed by atoms with E-state index in [1.54, 1.807) is 12.4 Å². The van der Waals surface area contributed by atoms with Crippen molar-refractivity contribution in [1.82, 2.24) is 20.3 Å². The van der Waals surface area contributed by atoms with Gasteiger partial charge in [0.2, 0.25) is 5.91 Å².